The van der Waals surface area contributed by atoms with E-state index >= 15 is 0 Å². The van der Waals surface area contributed by atoms with Crippen LogP contribution in [0.2, 0.25) is 5.15 Å². The van der Waals surface area contributed by atoms with E-state index in [2.05, 4.69) is 32.6 Å². The molecule has 2 heterocycles. The molecule has 0 bridgehead atoms. The highest BCUT2D eigenvalue weighted by atomic mass is 127. The lowest BCUT2D eigenvalue weighted by atomic mass is 10.2. The monoisotopic (exact) mass is 356 g/mol. The number of nitrogens with zero attached hydrogens (tertiary/aromatic N) is 2. The van der Waals surface area contributed by atoms with Crippen LogP contribution in [0, 0.1) is 3.57 Å². The number of aromatic nitrogens is 2. The Morgan fingerprint density at radius 1 is 1.24 bits per heavy atom. The maximum absolute atomic E-state index is 5.96. The maximum atomic E-state index is 5.96. The Morgan fingerprint density at radius 2 is 2.06 bits per heavy atom. The van der Waals surface area contributed by atoms with Crippen LogP contribution in [0.25, 0.3) is 22.6 Å². The fourth-order valence-electron chi connectivity index (χ4n) is 1.56. The van der Waals surface area contributed by atoms with E-state index in [4.69, 9.17) is 16.0 Å². The number of furan rings is 1. The molecule has 0 aliphatic heterocycles. The van der Waals surface area contributed by atoms with Gasteiger partial charge in [-0.3, -0.25) is 0 Å². The van der Waals surface area contributed by atoms with E-state index < -0.39 is 0 Å². The molecule has 0 spiro atoms. The van der Waals surface area contributed by atoms with E-state index in [0.717, 1.165) is 14.5 Å². The quantitative estimate of drug-likeness (QED) is 0.486. The molecule has 2 aromatic heterocycles. The van der Waals surface area contributed by atoms with Gasteiger partial charge in [-0.2, -0.15) is 0 Å². The lowest BCUT2D eigenvalue weighted by molar-refractivity contribution is 0.625. The van der Waals surface area contributed by atoms with Gasteiger partial charge in [-0.1, -0.05) is 29.8 Å². The number of rotatable bonds is 1. The molecule has 0 radical (unpaired) electrons. The van der Waals surface area contributed by atoms with Crippen LogP contribution in [-0.4, -0.2) is 9.97 Å². The molecule has 17 heavy (non-hydrogen) atoms. The van der Waals surface area contributed by atoms with Crippen molar-refractivity contribution in [3.8, 4) is 11.6 Å². The Morgan fingerprint density at radius 3 is 2.82 bits per heavy atom. The molecule has 1 aromatic carbocycles. The van der Waals surface area contributed by atoms with Gasteiger partial charge >= 0.3 is 0 Å². The fraction of sp³-hybridized carbons (Fsp3) is 0. The summed E-state index contributed by atoms with van der Waals surface area (Å²) in [7, 11) is 0. The molecule has 0 fully saturated rings. The molecule has 0 aliphatic rings. The summed E-state index contributed by atoms with van der Waals surface area (Å²) in [5.41, 5.74) is 0.820. The second kappa shape index (κ2) is 4.27. The highest BCUT2D eigenvalue weighted by Crippen LogP contribution is 2.26. The number of para-hydroxylation sites is 1. The lowest BCUT2D eigenvalue weighted by Crippen LogP contribution is -1.89. The summed E-state index contributed by atoms with van der Waals surface area (Å²) in [5, 5.41) is 1.47. The molecule has 3 nitrogen and oxygen atoms in total. The van der Waals surface area contributed by atoms with Crippen molar-refractivity contribution in [1.29, 1.82) is 0 Å². The van der Waals surface area contributed by atoms with Crippen LogP contribution >= 0.6 is 34.2 Å². The topological polar surface area (TPSA) is 38.9 Å². The summed E-state index contributed by atoms with van der Waals surface area (Å²) in [5.74, 6) is 1.14. The largest absolute Gasteiger partial charge is 0.453 e. The third kappa shape index (κ3) is 2.02. The van der Waals surface area contributed by atoms with Crippen molar-refractivity contribution in [3.63, 3.8) is 0 Å². The first-order valence-electron chi connectivity index (χ1n) is 4.91. The average Bonchev–Trinajstić information content (AvgIpc) is 2.76. The lowest BCUT2D eigenvalue weighted by Gasteiger charge is -1.97. The first-order valence-corrected chi connectivity index (χ1v) is 6.37. The minimum atomic E-state index is 0.441. The van der Waals surface area contributed by atoms with Crippen LogP contribution in [-0.2, 0) is 0 Å². The summed E-state index contributed by atoms with van der Waals surface area (Å²) in [4.78, 5) is 8.40. The molecule has 84 valence electrons. The molecule has 3 aromatic rings. The zero-order chi connectivity index (χ0) is 11.8. The van der Waals surface area contributed by atoms with E-state index in [1.165, 1.54) is 0 Å². The van der Waals surface area contributed by atoms with Gasteiger partial charge in [-0.15, -0.1) is 0 Å². The first kappa shape index (κ1) is 11.0. The Bertz CT molecular complexity index is 663. The van der Waals surface area contributed by atoms with Crippen molar-refractivity contribution >= 4 is 45.2 Å². The molecule has 0 saturated carbocycles. The van der Waals surface area contributed by atoms with Gasteiger partial charge < -0.3 is 4.42 Å². The van der Waals surface area contributed by atoms with E-state index in [1.54, 1.807) is 6.20 Å². The predicted molar refractivity (Wildman–Crippen MR) is 75.0 cm³/mol. The zero-order valence-corrected chi connectivity index (χ0v) is 11.4. The zero-order valence-electron chi connectivity index (χ0n) is 8.52. The summed E-state index contributed by atoms with van der Waals surface area (Å²) in [6, 6.07) is 9.69. The molecule has 0 aliphatic carbocycles. The summed E-state index contributed by atoms with van der Waals surface area (Å²) in [6.07, 6.45) is 1.68. The molecule has 0 saturated heterocycles. The van der Waals surface area contributed by atoms with Gasteiger partial charge in [0.25, 0.3) is 0 Å². The van der Waals surface area contributed by atoms with Crippen molar-refractivity contribution in [2.45, 2.75) is 0 Å². The van der Waals surface area contributed by atoms with Gasteiger partial charge in [-0.25, -0.2) is 9.97 Å². The van der Waals surface area contributed by atoms with Crippen LogP contribution in [0.15, 0.2) is 40.9 Å². The minimum absolute atomic E-state index is 0.441. The summed E-state index contributed by atoms with van der Waals surface area (Å²) < 4.78 is 6.49. The van der Waals surface area contributed by atoms with Gasteiger partial charge in [0.15, 0.2) is 11.6 Å². The smallest absolute Gasteiger partial charge is 0.197 e. The van der Waals surface area contributed by atoms with Crippen LogP contribution in [0.3, 0.4) is 0 Å². The van der Waals surface area contributed by atoms with Crippen molar-refractivity contribution in [1.82, 2.24) is 9.97 Å². The van der Waals surface area contributed by atoms with Gasteiger partial charge in [0, 0.05) is 11.6 Å². The van der Waals surface area contributed by atoms with E-state index in [1.807, 2.05) is 30.3 Å². The van der Waals surface area contributed by atoms with Crippen molar-refractivity contribution in [2.24, 2.45) is 0 Å². The Balaban J connectivity index is 2.17. The summed E-state index contributed by atoms with van der Waals surface area (Å²) in [6.45, 7) is 0. The molecular weight excluding hydrogens is 351 g/mol. The van der Waals surface area contributed by atoms with Gasteiger partial charge in [0.2, 0.25) is 0 Å². The number of fused-ring (bicyclic) bond motifs is 1. The molecule has 0 unspecified atom stereocenters. The molecule has 0 atom stereocenters. The fourth-order valence-corrected chi connectivity index (χ4v) is 1.95. The second-order valence-electron chi connectivity index (χ2n) is 3.48. The third-order valence-corrected chi connectivity index (χ3v) is 3.74. The van der Waals surface area contributed by atoms with Gasteiger partial charge in [0.1, 0.15) is 10.7 Å². The first-order chi connectivity index (χ1) is 8.24. The molecule has 3 rings (SSSR count). The van der Waals surface area contributed by atoms with Crippen molar-refractivity contribution in [3.05, 3.63) is 45.3 Å². The third-order valence-electron chi connectivity index (χ3n) is 2.35. The highest BCUT2D eigenvalue weighted by molar-refractivity contribution is 14.1. The maximum Gasteiger partial charge on any atom is 0.197 e. The van der Waals surface area contributed by atoms with Gasteiger partial charge in [0.05, 0.1) is 3.57 Å². The van der Waals surface area contributed by atoms with Crippen LogP contribution in [0.4, 0.5) is 0 Å². The van der Waals surface area contributed by atoms with Crippen molar-refractivity contribution < 1.29 is 4.42 Å². The number of hydrogen-bond donors (Lipinski definition) is 0. The summed E-state index contributed by atoms with van der Waals surface area (Å²) >= 11 is 8.05. The van der Waals surface area contributed by atoms with Crippen LogP contribution < -0.4 is 0 Å². The number of hydrogen-bond acceptors (Lipinski definition) is 3. The Labute approximate surface area is 116 Å². The molecule has 0 N–H and O–H groups in total. The molecule has 0 amide bonds. The number of halogens is 2. The van der Waals surface area contributed by atoms with E-state index in [-0.39, 0.29) is 0 Å². The SMILES string of the molecule is Clc1nc(-c2cc3ccccc3o2)ncc1I. The number of benzene rings is 1. The van der Waals surface area contributed by atoms with Gasteiger partial charge in [-0.05, 0) is 34.7 Å². The van der Waals surface area contributed by atoms with Crippen molar-refractivity contribution in [2.75, 3.05) is 0 Å². The molecular formula is C12H6ClIN2O. The minimum Gasteiger partial charge on any atom is -0.453 e. The predicted octanol–water partition coefficient (Wildman–Crippen LogP) is 4.15. The highest BCUT2D eigenvalue weighted by Gasteiger charge is 2.10. The normalized spacial score (nSPS) is 10.9. The van der Waals surface area contributed by atoms with Crippen LogP contribution in [0.1, 0.15) is 0 Å². The van der Waals surface area contributed by atoms with Crippen LogP contribution in [0.5, 0.6) is 0 Å². The average molecular weight is 357 g/mol. The van der Waals surface area contributed by atoms with E-state index in [9.17, 15) is 0 Å². The van der Waals surface area contributed by atoms with E-state index in [0.29, 0.717) is 16.7 Å². The Kier molecular flexibility index (Phi) is 2.76. The second-order valence-corrected chi connectivity index (χ2v) is 5.00. The molecule has 5 heteroatoms. The standard InChI is InChI=1S/C12H6ClIN2O/c13-11-8(14)6-15-12(16-11)10-5-7-3-1-2-4-9(7)17-10/h1-6H. The Hall–Kier alpha value is -1.14.